The zero-order valence-corrected chi connectivity index (χ0v) is 17.6. The summed E-state index contributed by atoms with van der Waals surface area (Å²) in [7, 11) is 3.73. The number of hydrogen-bond donors (Lipinski definition) is 3. The fraction of sp³-hybridized carbons (Fsp3) is 0.562. The minimum Gasteiger partial charge on any atom is -0.383 e. The van der Waals surface area contributed by atoms with E-state index < -0.39 is 5.60 Å². The molecule has 2 heterocycles. The van der Waals surface area contributed by atoms with Crippen LogP contribution in [0.15, 0.2) is 29.8 Å². The number of guanidine groups is 1. The molecule has 0 fully saturated rings. The van der Waals surface area contributed by atoms with Gasteiger partial charge >= 0.3 is 0 Å². The Morgan fingerprint density at radius 2 is 1.88 bits per heavy atom. The molecule has 0 saturated carbocycles. The number of aryl methyl sites for hydroxylation is 2. The molecule has 1 atom stereocenters. The standard InChI is InChI=1S/C16H27N7O.HI/c1-5-17-15(18-7-6-13-8-20-22(3)10-13)19-12-16(2,24)14-9-21-23(4)11-14;/h8-11,24H,5-7,12H2,1-4H3,(H2,17,18,19);1H. The fourth-order valence-corrected chi connectivity index (χ4v) is 2.29. The van der Waals surface area contributed by atoms with Crippen molar-refractivity contribution in [3.8, 4) is 0 Å². The van der Waals surface area contributed by atoms with E-state index in [1.165, 1.54) is 5.56 Å². The topological polar surface area (TPSA) is 92.3 Å². The molecule has 2 rings (SSSR count). The monoisotopic (exact) mass is 461 g/mol. The third kappa shape index (κ3) is 6.65. The SMILES string of the molecule is CCNC(=NCC(C)(O)c1cnn(C)c1)NCCc1cnn(C)c1.I. The van der Waals surface area contributed by atoms with Crippen molar-refractivity contribution in [2.45, 2.75) is 25.9 Å². The molecule has 0 spiro atoms. The van der Waals surface area contributed by atoms with Crippen LogP contribution in [0, 0.1) is 0 Å². The number of hydrogen-bond acceptors (Lipinski definition) is 4. The van der Waals surface area contributed by atoms with Gasteiger partial charge in [0.1, 0.15) is 5.60 Å². The van der Waals surface area contributed by atoms with Crippen LogP contribution in [0.1, 0.15) is 25.0 Å². The first-order chi connectivity index (χ1) is 11.4. The van der Waals surface area contributed by atoms with Gasteiger partial charge in [0.2, 0.25) is 0 Å². The number of halogens is 1. The second-order valence-electron chi connectivity index (χ2n) is 6.07. The lowest BCUT2D eigenvalue weighted by Gasteiger charge is -2.20. The zero-order chi connectivity index (χ0) is 17.6. The van der Waals surface area contributed by atoms with Crippen molar-refractivity contribution in [3.63, 3.8) is 0 Å². The van der Waals surface area contributed by atoms with E-state index in [1.807, 2.05) is 33.4 Å². The van der Waals surface area contributed by atoms with Crippen molar-refractivity contribution in [2.75, 3.05) is 19.6 Å². The molecule has 140 valence electrons. The van der Waals surface area contributed by atoms with Crippen LogP contribution in [0.4, 0.5) is 0 Å². The minimum absolute atomic E-state index is 0. The second-order valence-corrected chi connectivity index (χ2v) is 6.07. The largest absolute Gasteiger partial charge is 0.383 e. The first-order valence-electron chi connectivity index (χ1n) is 8.12. The van der Waals surface area contributed by atoms with Crippen LogP contribution < -0.4 is 10.6 Å². The van der Waals surface area contributed by atoms with Gasteiger partial charge in [0.15, 0.2) is 5.96 Å². The van der Waals surface area contributed by atoms with E-state index in [0.29, 0.717) is 5.96 Å². The van der Waals surface area contributed by atoms with Gasteiger partial charge in [-0.15, -0.1) is 24.0 Å². The van der Waals surface area contributed by atoms with E-state index in [0.717, 1.165) is 25.1 Å². The molecule has 0 aliphatic rings. The second kappa shape index (κ2) is 9.76. The molecule has 25 heavy (non-hydrogen) atoms. The van der Waals surface area contributed by atoms with Gasteiger partial charge in [-0.3, -0.25) is 9.36 Å². The Morgan fingerprint density at radius 3 is 2.44 bits per heavy atom. The van der Waals surface area contributed by atoms with E-state index in [9.17, 15) is 5.11 Å². The molecule has 0 aliphatic carbocycles. The molecule has 9 heteroatoms. The van der Waals surface area contributed by atoms with Gasteiger partial charge in [-0.05, 0) is 25.8 Å². The van der Waals surface area contributed by atoms with Gasteiger partial charge in [0.25, 0.3) is 0 Å². The van der Waals surface area contributed by atoms with Crippen molar-refractivity contribution in [1.82, 2.24) is 30.2 Å². The van der Waals surface area contributed by atoms with Crippen molar-refractivity contribution < 1.29 is 5.11 Å². The Hall–Kier alpha value is -1.62. The Bertz CT molecular complexity index is 678. The Balaban J connectivity index is 0.00000312. The van der Waals surface area contributed by atoms with Gasteiger partial charge in [0, 0.05) is 45.1 Å². The summed E-state index contributed by atoms with van der Waals surface area (Å²) in [5, 5.41) is 25.3. The Labute approximate surface area is 165 Å². The highest BCUT2D eigenvalue weighted by molar-refractivity contribution is 14.0. The van der Waals surface area contributed by atoms with E-state index in [1.54, 1.807) is 28.7 Å². The van der Waals surface area contributed by atoms with Crippen molar-refractivity contribution in [3.05, 3.63) is 35.9 Å². The summed E-state index contributed by atoms with van der Waals surface area (Å²) in [5.74, 6) is 0.686. The van der Waals surface area contributed by atoms with Crippen LogP contribution >= 0.6 is 24.0 Å². The van der Waals surface area contributed by atoms with Crippen LogP contribution in [-0.2, 0) is 26.1 Å². The maximum Gasteiger partial charge on any atom is 0.191 e. The fourth-order valence-electron chi connectivity index (χ4n) is 2.29. The van der Waals surface area contributed by atoms with Gasteiger partial charge < -0.3 is 15.7 Å². The smallest absolute Gasteiger partial charge is 0.191 e. The highest BCUT2D eigenvalue weighted by Gasteiger charge is 2.24. The average molecular weight is 461 g/mol. The molecular formula is C16H28IN7O. The zero-order valence-electron chi connectivity index (χ0n) is 15.2. The lowest BCUT2D eigenvalue weighted by atomic mass is 10.0. The van der Waals surface area contributed by atoms with Crippen LogP contribution in [0.5, 0.6) is 0 Å². The quantitative estimate of drug-likeness (QED) is 0.322. The number of aliphatic hydroxyl groups is 1. The summed E-state index contributed by atoms with van der Waals surface area (Å²) in [4.78, 5) is 4.49. The number of nitrogens with zero attached hydrogens (tertiary/aromatic N) is 5. The van der Waals surface area contributed by atoms with Gasteiger partial charge in [0.05, 0.1) is 18.9 Å². The molecule has 2 aromatic heterocycles. The third-order valence-corrected chi connectivity index (χ3v) is 3.68. The summed E-state index contributed by atoms with van der Waals surface area (Å²) in [6.45, 7) is 5.51. The normalized spacial score (nSPS) is 13.9. The predicted octanol–water partition coefficient (Wildman–Crippen LogP) is 0.777. The Kier molecular flexibility index (Phi) is 8.36. The van der Waals surface area contributed by atoms with Crippen molar-refractivity contribution >= 4 is 29.9 Å². The van der Waals surface area contributed by atoms with Crippen LogP contribution in [-0.4, -0.2) is 50.3 Å². The molecule has 3 N–H and O–H groups in total. The van der Waals surface area contributed by atoms with Crippen molar-refractivity contribution in [1.29, 1.82) is 0 Å². The molecule has 0 saturated heterocycles. The summed E-state index contributed by atoms with van der Waals surface area (Å²) in [6, 6.07) is 0. The molecule has 8 nitrogen and oxygen atoms in total. The first-order valence-corrected chi connectivity index (χ1v) is 8.12. The molecular weight excluding hydrogens is 433 g/mol. The van der Waals surface area contributed by atoms with E-state index >= 15 is 0 Å². The highest BCUT2D eigenvalue weighted by Crippen LogP contribution is 2.19. The molecule has 0 bridgehead atoms. The van der Waals surface area contributed by atoms with Gasteiger partial charge in [-0.2, -0.15) is 10.2 Å². The molecule has 1 unspecified atom stereocenters. The molecule has 2 aromatic rings. The van der Waals surface area contributed by atoms with Crippen molar-refractivity contribution in [2.24, 2.45) is 19.1 Å². The number of aromatic nitrogens is 4. The number of nitrogens with one attached hydrogen (secondary N) is 2. The molecule has 0 aliphatic heterocycles. The van der Waals surface area contributed by atoms with Crippen LogP contribution in [0.3, 0.4) is 0 Å². The number of aliphatic imine (C=N–C) groups is 1. The maximum atomic E-state index is 10.6. The molecule has 0 radical (unpaired) electrons. The molecule has 0 amide bonds. The van der Waals surface area contributed by atoms with Crippen LogP contribution in [0.2, 0.25) is 0 Å². The van der Waals surface area contributed by atoms with Gasteiger partial charge in [-0.25, -0.2) is 4.99 Å². The number of rotatable bonds is 7. The van der Waals surface area contributed by atoms with Crippen LogP contribution in [0.25, 0.3) is 0 Å². The van der Waals surface area contributed by atoms with E-state index in [4.69, 9.17) is 0 Å². The van der Waals surface area contributed by atoms with E-state index in [-0.39, 0.29) is 30.5 Å². The first kappa shape index (κ1) is 21.4. The summed E-state index contributed by atoms with van der Waals surface area (Å²) < 4.78 is 3.46. The average Bonchev–Trinajstić information content (AvgIpc) is 3.14. The van der Waals surface area contributed by atoms with Gasteiger partial charge in [-0.1, -0.05) is 0 Å². The third-order valence-electron chi connectivity index (χ3n) is 3.68. The lowest BCUT2D eigenvalue weighted by molar-refractivity contribution is 0.0672. The lowest BCUT2D eigenvalue weighted by Crippen LogP contribution is -2.39. The Morgan fingerprint density at radius 1 is 1.20 bits per heavy atom. The summed E-state index contributed by atoms with van der Waals surface area (Å²) >= 11 is 0. The minimum atomic E-state index is -1.06. The van der Waals surface area contributed by atoms with E-state index in [2.05, 4.69) is 25.8 Å². The highest BCUT2D eigenvalue weighted by atomic mass is 127. The predicted molar refractivity (Wildman–Crippen MR) is 109 cm³/mol. The summed E-state index contributed by atoms with van der Waals surface area (Å²) in [5.41, 5.74) is 0.864. The molecule has 0 aromatic carbocycles. The maximum absolute atomic E-state index is 10.6. The summed E-state index contributed by atoms with van der Waals surface area (Å²) in [6.07, 6.45) is 8.19.